The average Bonchev–Trinajstić information content (AvgIpc) is 2.73. The molecule has 0 amide bonds. The third kappa shape index (κ3) is 3.53. The molecule has 0 aliphatic rings. The quantitative estimate of drug-likeness (QED) is 0.569. The topological polar surface area (TPSA) is 17.1 Å². The summed E-state index contributed by atoms with van der Waals surface area (Å²) in [6.45, 7) is 0. The van der Waals surface area contributed by atoms with Gasteiger partial charge in [-0.05, 0) is 51.8 Å². The molecule has 1 nitrogen and oxygen atoms in total. The molecule has 1 aromatic carbocycles. The highest BCUT2D eigenvalue weighted by molar-refractivity contribution is 9.11. The first kappa shape index (κ1) is 12.6. The first-order valence-electron chi connectivity index (χ1n) is 4.88. The Hall–Kier alpha value is -0.900. The molecule has 0 bridgehead atoms. The summed E-state index contributed by atoms with van der Waals surface area (Å²) in [5.41, 5.74) is 0.918. The minimum Gasteiger partial charge on any atom is -0.288 e. The Bertz CT molecular complexity index is 574. The third-order valence-corrected chi connectivity index (χ3v) is 3.97. The van der Waals surface area contributed by atoms with E-state index >= 15 is 0 Å². The fourth-order valence-corrected chi connectivity index (χ4v) is 2.82. The number of benzene rings is 1. The van der Waals surface area contributed by atoms with Crippen molar-refractivity contribution in [2.24, 2.45) is 0 Å². The molecule has 17 heavy (non-hydrogen) atoms. The van der Waals surface area contributed by atoms with Crippen LogP contribution < -0.4 is 0 Å². The zero-order valence-electron chi connectivity index (χ0n) is 8.69. The number of thiophene rings is 1. The van der Waals surface area contributed by atoms with Crippen molar-refractivity contribution >= 4 is 50.7 Å². The van der Waals surface area contributed by atoms with Crippen molar-refractivity contribution in [3.63, 3.8) is 0 Å². The van der Waals surface area contributed by atoms with Gasteiger partial charge in [-0.2, -0.15) is 0 Å². The number of hydrogen-bond donors (Lipinski definition) is 0. The fourth-order valence-electron chi connectivity index (χ4n) is 1.31. The number of rotatable bonds is 3. The second-order valence-electron chi connectivity index (χ2n) is 3.36. The lowest BCUT2D eigenvalue weighted by molar-refractivity contribution is 0.105. The van der Waals surface area contributed by atoms with Gasteiger partial charge in [0.1, 0.15) is 0 Å². The van der Waals surface area contributed by atoms with Crippen molar-refractivity contribution in [2.45, 2.75) is 0 Å². The molecule has 4 heteroatoms. The Morgan fingerprint density at radius 3 is 2.76 bits per heavy atom. The molecule has 0 saturated carbocycles. The minimum absolute atomic E-state index is 0.000625. The van der Waals surface area contributed by atoms with Crippen LogP contribution in [0.1, 0.15) is 15.2 Å². The van der Waals surface area contributed by atoms with Gasteiger partial charge in [0.2, 0.25) is 0 Å². The van der Waals surface area contributed by atoms with Crippen molar-refractivity contribution in [3.05, 3.63) is 61.7 Å². The smallest absolute Gasteiger partial charge is 0.195 e. The molecule has 0 fully saturated rings. The second-order valence-corrected chi connectivity index (χ2v) is 6.26. The van der Waals surface area contributed by atoms with Gasteiger partial charge < -0.3 is 0 Å². The first-order valence-corrected chi connectivity index (χ1v) is 6.87. The van der Waals surface area contributed by atoms with E-state index in [9.17, 15) is 4.79 Å². The Balaban J connectivity index is 2.13. The number of carbonyl (C=O) groups is 1. The summed E-state index contributed by atoms with van der Waals surface area (Å²) >= 11 is 10.6. The van der Waals surface area contributed by atoms with Gasteiger partial charge in [0, 0.05) is 5.02 Å². The maximum Gasteiger partial charge on any atom is 0.195 e. The summed E-state index contributed by atoms with van der Waals surface area (Å²) in [5.74, 6) is 0.000625. The molecule has 2 rings (SSSR count). The molecule has 0 N–H and O–H groups in total. The molecule has 0 aliphatic carbocycles. The second kappa shape index (κ2) is 5.63. The van der Waals surface area contributed by atoms with Gasteiger partial charge >= 0.3 is 0 Å². The van der Waals surface area contributed by atoms with Crippen LogP contribution in [0.3, 0.4) is 0 Å². The van der Waals surface area contributed by atoms with Crippen LogP contribution in [-0.4, -0.2) is 5.78 Å². The summed E-state index contributed by atoms with van der Waals surface area (Å²) < 4.78 is 0.956. The Morgan fingerprint density at radius 2 is 2.12 bits per heavy atom. The SMILES string of the molecule is O=C(/C=C/c1cccc(Cl)c1)c1ccc(Br)s1. The molecule has 0 spiro atoms. The van der Waals surface area contributed by atoms with E-state index < -0.39 is 0 Å². The third-order valence-electron chi connectivity index (χ3n) is 2.09. The average molecular weight is 328 g/mol. The van der Waals surface area contributed by atoms with Crippen molar-refractivity contribution in [1.29, 1.82) is 0 Å². The zero-order valence-corrected chi connectivity index (χ0v) is 11.8. The monoisotopic (exact) mass is 326 g/mol. The van der Waals surface area contributed by atoms with Crippen LogP contribution in [0.2, 0.25) is 5.02 Å². The molecular weight excluding hydrogens is 320 g/mol. The molecule has 2 aromatic rings. The van der Waals surface area contributed by atoms with Crippen LogP contribution in [0, 0.1) is 0 Å². The minimum atomic E-state index is 0.000625. The lowest BCUT2D eigenvalue weighted by Crippen LogP contribution is -1.88. The van der Waals surface area contributed by atoms with E-state index in [4.69, 9.17) is 11.6 Å². The van der Waals surface area contributed by atoms with Crippen molar-refractivity contribution in [1.82, 2.24) is 0 Å². The Labute approximate surface area is 117 Å². The largest absolute Gasteiger partial charge is 0.288 e. The van der Waals surface area contributed by atoms with Crippen molar-refractivity contribution in [2.75, 3.05) is 0 Å². The van der Waals surface area contributed by atoms with Gasteiger partial charge in [0.05, 0.1) is 8.66 Å². The maximum atomic E-state index is 11.8. The molecule has 1 aromatic heterocycles. The van der Waals surface area contributed by atoms with Gasteiger partial charge in [0.15, 0.2) is 5.78 Å². The van der Waals surface area contributed by atoms with Crippen LogP contribution >= 0.6 is 38.9 Å². The van der Waals surface area contributed by atoms with E-state index in [2.05, 4.69) is 15.9 Å². The molecule has 86 valence electrons. The van der Waals surface area contributed by atoms with Crippen molar-refractivity contribution in [3.8, 4) is 0 Å². The number of hydrogen-bond acceptors (Lipinski definition) is 2. The summed E-state index contributed by atoms with van der Waals surface area (Å²) in [4.78, 5) is 12.5. The van der Waals surface area contributed by atoms with Gasteiger partial charge in [0.25, 0.3) is 0 Å². The standard InChI is InChI=1S/C13H8BrClOS/c14-13-7-6-12(17-13)11(16)5-4-9-2-1-3-10(15)8-9/h1-8H/b5-4+. The highest BCUT2D eigenvalue weighted by Gasteiger charge is 2.04. The van der Waals surface area contributed by atoms with Gasteiger partial charge in [-0.3, -0.25) is 4.79 Å². The lowest BCUT2D eigenvalue weighted by atomic mass is 10.2. The number of carbonyl (C=O) groups excluding carboxylic acids is 1. The molecule has 0 atom stereocenters. The normalized spacial score (nSPS) is 10.9. The Kier molecular flexibility index (Phi) is 4.15. The first-order chi connectivity index (χ1) is 8.15. The highest BCUT2D eigenvalue weighted by Crippen LogP contribution is 2.23. The molecule has 1 heterocycles. The van der Waals surface area contributed by atoms with Crippen LogP contribution in [0.15, 0.2) is 46.3 Å². The van der Waals surface area contributed by atoms with Crippen LogP contribution in [-0.2, 0) is 0 Å². The lowest BCUT2D eigenvalue weighted by Gasteiger charge is -1.93. The fraction of sp³-hybridized carbons (Fsp3) is 0. The Morgan fingerprint density at radius 1 is 1.29 bits per heavy atom. The number of allylic oxidation sites excluding steroid dienone is 1. The maximum absolute atomic E-state index is 11.8. The van der Waals surface area contributed by atoms with Crippen molar-refractivity contribution < 1.29 is 4.79 Å². The number of halogens is 2. The van der Waals surface area contributed by atoms with E-state index in [0.29, 0.717) is 5.02 Å². The highest BCUT2D eigenvalue weighted by atomic mass is 79.9. The predicted molar refractivity (Wildman–Crippen MR) is 76.8 cm³/mol. The molecule has 0 saturated heterocycles. The summed E-state index contributed by atoms with van der Waals surface area (Å²) in [7, 11) is 0. The molecular formula is C13H8BrClOS. The summed E-state index contributed by atoms with van der Waals surface area (Å²) in [5, 5.41) is 0.665. The zero-order chi connectivity index (χ0) is 12.3. The van der Waals surface area contributed by atoms with E-state index in [-0.39, 0.29) is 5.78 Å². The predicted octanol–water partition coefficient (Wildman–Crippen LogP) is 5.06. The van der Waals surface area contributed by atoms with Crippen LogP contribution in [0.4, 0.5) is 0 Å². The summed E-state index contributed by atoms with van der Waals surface area (Å²) in [6, 6.07) is 11.0. The van der Waals surface area contributed by atoms with Gasteiger partial charge in [-0.1, -0.05) is 29.8 Å². The van der Waals surface area contributed by atoms with Crippen LogP contribution in [0.5, 0.6) is 0 Å². The molecule has 0 aliphatic heterocycles. The van der Waals surface area contributed by atoms with E-state index in [0.717, 1.165) is 14.2 Å². The van der Waals surface area contributed by atoms with E-state index in [1.807, 2.05) is 24.3 Å². The van der Waals surface area contributed by atoms with E-state index in [1.165, 1.54) is 11.3 Å². The summed E-state index contributed by atoms with van der Waals surface area (Å²) in [6.07, 6.45) is 3.33. The van der Waals surface area contributed by atoms with E-state index in [1.54, 1.807) is 24.3 Å². The molecule has 0 unspecified atom stereocenters. The van der Waals surface area contributed by atoms with Gasteiger partial charge in [-0.15, -0.1) is 11.3 Å². The number of ketones is 1. The molecule has 0 radical (unpaired) electrons. The van der Waals surface area contributed by atoms with Crippen LogP contribution in [0.25, 0.3) is 6.08 Å². The van der Waals surface area contributed by atoms with Gasteiger partial charge in [-0.25, -0.2) is 0 Å².